The van der Waals surface area contributed by atoms with Crippen molar-refractivity contribution in [2.75, 3.05) is 11.5 Å². The van der Waals surface area contributed by atoms with E-state index in [4.69, 9.17) is 0 Å². The highest BCUT2D eigenvalue weighted by molar-refractivity contribution is 7.91. The SMILES string of the molecule is CCC(NC1(C)CCS(=O)(=O)C1)c1ccc(F)cn1. The number of nitrogens with zero attached hydrogens (tertiary/aromatic N) is 1. The molecule has 0 amide bonds. The average Bonchev–Trinajstić information content (AvgIpc) is 2.62. The second-order valence-electron chi connectivity index (χ2n) is 5.41. The molecule has 0 radical (unpaired) electrons. The van der Waals surface area contributed by atoms with E-state index in [-0.39, 0.29) is 23.4 Å². The molecule has 0 aliphatic carbocycles. The van der Waals surface area contributed by atoms with Gasteiger partial charge in [-0.1, -0.05) is 6.92 Å². The molecule has 1 aliphatic heterocycles. The van der Waals surface area contributed by atoms with Crippen LogP contribution in [0.15, 0.2) is 18.3 Å². The summed E-state index contributed by atoms with van der Waals surface area (Å²) < 4.78 is 36.1. The van der Waals surface area contributed by atoms with E-state index in [1.807, 2.05) is 13.8 Å². The van der Waals surface area contributed by atoms with Gasteiger partial charge in [0.05, 0.1) is 23.4 Å². The van der Waals surface area contributed by atoms with Crippen LogP contribution in [0.2, 0.25) is 0 Å². The standard InChI is InChI=1S/C13H19FN2O2S/c1-3-11(12-5-4-10(14)8-15-12)16-13(2)6-7-19(17,18)9-13/h4-5,8,11,16H,3,6-7,9H2,1-2H3. The van der Waals surface area contributed by atoms with Gasteiger partial charge in [0.15, 0.2) is 9.84 Å². The molecule has 6 heteroatoms. The van der Waals surface area contributed by atoms with E-state index in [0.717, 1.165) is 12.1 Å². The molecule has 0 bridgehead atoms. The first kappa shape index (κ1) is 14.4. The summed E-state index contributed by atoms with van der Waals surface area (Å²) in [4.78, 5) is 4.07. The topological polar surface area (TPSA) is 59.1 Å². The van der Waals surface area contributed by atoms with Gasteiger partial charge in [-0.25, -0.2) is 12.8 Å². The lowest BCUT2D eigenvalue weighted by molar-refractivity contribution is 0.333. The van der Waals surface area contributed by atoms with Crippen molar-refractivity contribution in [1.29, 1.82) is 0 Å². The minimum absolute atomic E-state index is 0.0566. The fourth-order valence-electron chi connectivity index (χ4n) is 2.52. The minimum atomic E-state index is -2.94. The number of sulfone groups is 1. The first-order valence-electron chi connectivity index (χ1n) is 6.43. The normalized spacial score (nSPS) is 27.3. The fourth-order valence-corrected chi connectivity index (χ4v) is 4.63. The Bertz CT molecular complexity index is 544. The van der Waals surface area contributed by atoms with Crippen LogP contribution in [0.3, 0.4) is 0 Å². The van der Waals surface area contributed by atoms with E-state index in [9.17, 15) is 12.8 Å². The van der Waals surface area contributed by atoms with Crippen molar-refractivity contribution in [3.05, 3.63) is 29.8 Å². The van der Waals surface area contributed by atoms with E-state index >= 15 is 0 Å². The van der Waals surface area contributed by atoms with Gasteiger partial charge in [0, 0.05) is 11.6 Å². The fraction of sp³-hybridized carbons (Fsp3) is 0.615. The third-order valence-electron chi connectivity index (χ3n) is 3.54. The highest BCUT2D eigenvalue weighted by atomic mass is 32.2. The Kier molecular flexibility index (Phi) is 3.92. The van der Waals surface area contributed by atoms with Crippen molar-refractivity contribution in [3.8, 4) is 0 Å². The zero-order valence-electron chi connectivity index (χ0n) is 11.2. The summed E-state index contributed by atoms with van der Waals surface area (Å²) >= 11 is 0. The van der Waals surface area contributed by atoms with Gasteiger partial charge in [-0.05, 0) is 31.9 Å². The molecule has 1 N–H and O–H groups in total. The Morgan fingerprint density at radius 2 is 2.26 bits per heavy atom. The molecule has 1 saturated heterocycles. The van der Waals surface area contributed by atoms with Crippen molar-refractivity contribution in [3.63, 3.8) is 0 Å². The molecule has 2 unspecified atom stereocenters. The van der Waals surface area contributed by atoms with Crippen LogP contribution in [-0.4, -0.2) is 30.4 Å². The van der Waals surface area contributed by atoms with Gasteiger partial charge in [0.2, 0.25) is 0 Å². The molecule has 106 valence electrons. The first-order chi connectivity index (χ1) is 8.84. The third-order valence-corrected chi connectivity index (χ3v) is 5.44. The number of pyridine rings is 1. The smallest absolute Gasteiger partial charge is 0.152 e. The lowest BCUT2D eigenvalue weighted by Crippen LogP contribution is -2.45. The highest BCUT2D eigenvalue weighted by Crippen LogP contribution is 2.27. The van der Waals surface area contributed by atoms with Gasteiger partial charge >= 0.3 is 0 Å². The van der Waals surface area contributed by atoms with E-state index in [0.29, 0.717) is 6.42 Å². The number of hydrogen-bond donors (Lipinski definition) is 1. The van der Waals surface area contributed by atoms with Crippen LogP contribution in [0.4, 0.5) is 4.39 Å². The predicted molar refractivity (Wildman–Crippen MR) is 72.0 cm³/mol. The van der Waals surface area contributed by atoms with Crippen LogP contribution in [0, 0.1) is 5.82 Å². The zero-order valence-corrected chi connectivity index (χ0v) is 12.0. The quantitative estimate of drug-likeness (QED) is 0.917. The van der Waals surface area contributed by atoms with E-state index in [2.05, 4.69) is 10.3 Å². The van der Waals surface area contributed by atoms with Crippen molar-refractivity contribution in [2.24, 2.45) is 0 Å². The molecule has 1 aromatic rings. The molecule has 0 saturated carbocycles. The first-order valence-corrected chi connectivity index (χ1v) is 8.25. The van der Waals surface area contributed by atoms with Gasteiger partial charge < -0.3 is 5.32 Å². The van der Waals surface area contributed by atoms with E-state index in [1.165, 1.54) is 12.3 Å². The molecule has 1 aliphatic rings. The number of aromatic nitrogens is 1. The Morgan fingerprint density at radius 1 is 1.53 bits per heavy atom. The molecule has 4 nitrogen and oxygen atoms in total. The molecule has 2 atom stereocenters. The Labute approximate surface area is 113 Å². The summed E-state index contributed by atoms with van der Waals surface area (Å²) in [7, 11) is -2.94. The molecule has 2 heterocycles. The van der Waals surface area contributed by atoms with Crippen LogP contribution in [-0.2, 0) is 9.84 Å². The Morgan fingerprint density at radius 3 is 2.74 bits per heavy atom. The summed E-state index contributed by atoms with van der Waals surface area (Å²) in [6.45, 7) is 3.92. The third kappa shape index (κ3) is 3.51. The van der Waals surface area contributed by atoms with Crippen LogP contribution in [0.5, 0.6) is 0 Å². The number of hydrogen-bond acceptors (Lipinski definition) is 4. The van der Waals surface area contributed by atoms with Crippen molar-refractivity contribution in [1.82, 2.24) is 10.3 Å². The lowest BCUT2D eigenvalue weighted by atomic mass is 9.98. The van der Waals surface area contributed by atoms with Gasteiger partial charge in [-0.2, -0.15) is 0 Å². The molecular formula is C13H19FN2O2S. The summed E-state index contributed by atoms with van der Waals surface area (Å²) in [6.07, 6.45) is 2.56. The molecule has 2 rings (SSSR count). The molecular weight excluding hydrogens is 267 g/mol. The predicted octanol–water partition coefficient (Wildman–Crippen LogP) is 1.84. The Balaban J connectivity index is 2.14. The van der Waals surface area contributed by atoms with Crippen molar-refractivity contribution in [2.45, 2.75) is 38.3 Å². The minimum Gasteiger partial charge on any atom is -0.302 e. The summed E-state index contributed by atoms with van der Waals surface area (Å²) in [6, 6.07) is 2.96. The summed E-state index contributed by atoms with van der Waals surface area (Å²) in [5.74, 6) is 0.00911. The molecule has 0 aromatic carbocycles. The molecule has 1 aromatic heterocycles. The monoisotopic (exact) mass is 286 g/mol. The maximum Gasteiger partial charge on any atom is 0.152 e. The second kappa shape index (κ2) is 5.17. The van der Waals surface area contributed by atoms with Crippen molar-refractivity contribution < 1.29 is 12.8 Å². The highest BCUT2D eigenvalue weighted by Gasteiger charge is 2.39. The second-order valence-corrected chi connectivity index (χ2v) is 7.59. The van der Waals surface area contributed by atoms with Crippen LogP contribution < -0.4 is 5.32 Å². The van der Waals surface area contributed by atoms with Crippen molar-refractivity contribution >= 4 is 9.84 Å². The largest absolute Gasteiger partial charge is 0.302 e. The molecule has 19 heavy (non-hydrogen) atoms. The number of halogens is 1. The van der Waals surface area contributed by atoms with Gasteiger partial charge in [0.25, 0.3) is 0 Å². The van der Waals surface area contributed by atoms with E-state index < -0.39 is 15.4 Å². The van der Waals surface area contributed by atoms with Gasteiger partial charge in [-0.3, -0.25) is 4.98 Å². The summed E-state index contributed by atoms with van der Waals surface area (Å²) in [5.41, 5.74) is 0.324. The number of rotatable bonds is 4. The van der Waals surface area contributed by atoms with Crippen LogP contribution in [0.1, 0.15) is 38.4 Å². The summed E-state index contributed by atoms with van der Waals surface area (Å²) in [5, 5.41) is 3.37. The van der Waals surface area contributed by atoms with Gasteiger partial charge in [0.1, 0.15) is 5.82 Å². The zero-order chi connectivity index (χ0) is 14.1. The van der Waals surface area contributed by atoms with Crippen LogP contribution in [0.25, 0.3) is 0 Å². The average molecular weight is 286 g/mol. The van der Waals surface area contributed by atoms with E-state index in [1.54, 1.807) is 6.07 Å². The lowest BCUT2D eigenvalue weighted by Gasteiger charge is -2.29. The maximum absolute atomic E-state index is 12.9. The molecule has 1 fully saturated rings. The van der Waals surface area contributed by atoms with Gasteiger partial charge in [-0.15, -0.1) is 0 Å². The van der Waals surface area contributed by atoms with Crippen LogP contribution >= 0.6 is 0 Å². The number of nitrogens with one attached hydrogen (secondary N) is 1. The Hall–Kier alpha value is -1.01. The molecule has 0 spiro atoms. The maximum atomic E-state index is 12.9.